The molecule has 0 aromatic heterocycles. The molecule has 0 aliphatic carbocycles. The first-order valence-electron chi connectivity index (χ1n) is 7.39. The van der Waals surface area contributed by atoms with E-state index in [0.717, 1.165) is 17.9 Å². The summed E-state index contributed by atoms with van der Waals surface area (Å²) in [7, 11) is -2.83. The predicted molar refractivity (Wildman–Crippen MR) is 82.8 cm³/mol. The van der Waals surface area contributed by atoms with Crippen LogP contribution in [0.2, 0.25) is 0 Å². The summed E-state index contributed by atoms with van der Waals surface area (Å²) in [5.74, 6) is 2.01. The average Bonchev–Trinajstić information content (AvgIpc) is 2.82. The Balaban J connectivity index is 1.73. The van der Waals surface area contributed by atoms with Crippen molar-refractivity contribution in [2.75, 3.05) is 31.3 Å². The van der Waals surface area contributed by atoms with Gasteiger partial charge in [0.1, 0.15) is 6.61 Å². The van der Waals surface area contributed by atoms with Crippen LogP contribution in [0.4, 0.5) is 0 Å². The quantitative estimate of drug-likeness (QED) is 0.739. The summed E-state index contributed by atoms with van der Waals surface area (Å²) in [5, 5.41) is 3.23. The Morgan fingerprint density at radius 2 is 1.86 bits per heavy atom. The molecule has 1 atom stereocenters. The molecule has 1 saturated heterocycles. The van der Waals surface area contributed by atoms with E-state index in [1.165, 1.54) is 0 Å². The molecular formula is C15H23NO4S. The van der Waals surface area contributed by atoms with E-state index in [0.29, 0.717) is 31.9 Å². The highest BCUT2D eigenvalue weighted by Crippen LogP contribution is 2.26. The molecule has 1 aromatic carbocycles. The molecule has 1 heterocycles. The van der Waals surface area contributed by atoms with Gasteiger partial charge in [-0.05, 0) is 25.0 Å². The molecule has 21 heavy (non-hydrogen) atoms. The summed E-state index contributed by atoms with van der Waals surface area (Å²) in [6.45, 7) is 3.84. The van der Waals surface area contributed by atoms with E-state index in [9.17, 15) is 8.42 Å². The molecule has 2 rings (SSSR count). The first kappa shape index (κ1) is 16.1. The van der Waals surface area contributed by atoms with E-state index in [-0.39, 0.29) is 11.8 Å². The molecule has 118 valence electrons. The zero-order valence-electron chi connectivity index (χ0n) is 12.4. The normalized spacial score (nSPS) is 20.3. The number of para-hydroxylation sites is 2. The molecule has 0 amide bonds. The van der Waals surface area contributed by atoms with Gasteiger partial charge in [0.25, 0.3) is 0 Å². The molecule has 1 unspecified atom stereocenters. The van der Waals surface area contributed by atoms with E-state index in [1.54, 1.807) is 0 Å². The van der Waals surface area contributed by atoms with Gasteiger partial charge in [0.15, 0.2) is 21.3 Å². The van der Waals surface area contributed by atoms with Crippen LogP contribution in [0.5, 0.6) is 11.5 Å². The number of hydrogen-bond acceptors (Lipinski definition) is 5. The molecule has 0 radical (unpaired) electrons. The monoisotopic (exact) mass is 313 g/mol. The summed E-state index contributed by atoms with van der Waals surface area (Å²) in [4.78, 5) is 0. The fraction of sp³-hybridized carbons (Fsp3) is 0.600. The summed E-state index contributed by atoms with van der Waals surface area (Å²) in [6, 6.07) is 7.66. The van der Waals surface area contributed by atoms with Crippen molar-refractivity contribution >= 4 is 9.84 Å². The van der Waals surface area contributed by atoms with Gasteiger partial charge < -0.3 is 14.8 Å². The van der Waals surface area contributed by atoms with Crippen LogP contribution in [-0.2, 0) is 9.84 Å². The lowest BCUT2D eigenvalue weighted by atomic mass is 10.3. The van der Waals surface area contributed by atoms with Crippen LogP contribution in [-0.4, -0.2) is 45.7 Å². The second-order valence-corrected chi connectivity index (χ2v) is 7.43. The van der Waals surface area contributed by atoms with Crippen LogP contribution in [0.3, 0.4) is 0 Å². The van der Waals surface area contributed by atoms with E-state index in [4.69, 9.17) is 9.47 Å². The van der Waals surface area contributed by atoms with Gasteiger partial charge in [-0.15, -0.1) is 0 Å². The summed E-state index contributed by atoms with van der Waals surface area (Å²) in [6.07, 6.45) is 1.64. The van der Waals surface area contributed by atoms with Gasteiger partial charge in [-0.25, -0.2) is 8.42 Å². The molecule has 0 bridgehead atoms. The van der Waals surface area contributed by atoms with Crippen molar-refractivity contribution in [3.8, 4) is 11.5 Å². The van der Waals surface area contributed by atoms with Gasteiger partial charge in [0.05, 0.1) is 18.1 Å². The van der Waals surface area contributed by atoms with Crippen molar-refractivity contribution in [3.05, 3.63) is 24.3 Å². The third-order valence-corrected chi connectivity index (χ3v) is 5.10. The Labute approximate surface area is 126 Å². The van der Waals surface area contributed by atoms with Crippen LogP contribution in [0.15, 0.2) is 24.3 Å². The third-order valence-electron chi connectivity index (χ3n) is 3.34. The Morgan fingerprint density at radius 3 is 2.43 bits per heavy atom. The fourth-order valence-corrected chi connectivity index (χ4v) is 3.99. The van der Waals surface area contributed by atoms with Crippen LogP contribution < -0.4 is 14.8 Å². The summed E-state index contributed by atoms with van der Waals surface area (Å²) >= 11 is 0. The second kappa shape index (κ2) is 7.66. The van der Waals surface area contributed by atoms with Crippen molar-refractivity contribution in [3.63, 3.8) is 0 Å². The Kier molecular flexibility index (Phi) is 5.87. The van der Waals surface area contributed by atoms with Crippen molar-refractivity contribution in [2.45, 2.75) is 25.8 Å². The number of nitrogens with one attached hydrogen (secondary N) is 1. The lowest BCUT2D eigenvalue weighted by Gasteiger charge is -2.14. The SMILES string of the molecule is CCCOc1ccccc1OCCNC1CCS(=O)(=O)C1. The van der Waals surface area contributed by atoms with E-state index in [2.05, 4.69) is 12.2 Å². The first-order valence-corrected chi connectivity index (χ1v) is 9.21. The largest absolute Gasteiger partial charge is 0.490 e. The molecule has 1 N–H and O–H groups in total. The molecule has 1 aromatic rings. The molecule has 1 fully saturated rings. The highest BCUT2D eigenvalue weighted by Gasteiger charge is 2.27. The van der Waals surface area contributed by atoms with E-state index >= 15 is 0 Å². The van der Waals surface area contributed by atoms with Crippen LogP contribution in [0.25, 0.3) is 0 Å². The summed E-state index contributed by atoms with van der Waals surface area (Å²) in [5.41, 5.74) is 0. The minimum absolute atomic E-state index is 0.0604. The molecule has 1 aliphatic heterocycles. The number of hydrogen-bond donors (Lipinski definition) is 1. The molecule has 0 spiro atoms. The maximum Gasteiger partial charge on any atom is 0.161 e. The van der Waals surface area contributed by atoms with Crippen LogP contribution >= 0.6 is 0 Å². The fourth-order valence-electron chi connectivity index (χ4n) is 2.28. The van der Waals surface area contributed by atoms with Gasteiger partial charge in [-0.2, -0.15) is 0 Å². The molecular weight excluding hydrogens is 290 g/mol. The van der Waals surface area contributed by atoms with E-state index in [1.807, 2.05) is 24.3 Å². The standard InChI is InChI=1S/C15H23NO4S/c1-2-9-19-14-5-3-4-6-15(14)20-10-8-16-13-7-11-21(17,18)12-13/h3-6,13,16H,2,7-12H2,1H3. The minimum Gasteiger partial charge on any atom is -0.490 e. The topological polar surface area (TPSA) is 64.6 Å². The Morgan fingerprint density at radius 1 is 1.19 bits per heavy atom. The molecule has 5 nitrogen and oxygen atoms in total. The second-order valence-electron chi connectivity index (χ2n) is 5.20. The number of benzene rings is 1. The summed E-state index contributed by atoms with van der Waals surface area (Å²) < 4.78 is 34.0. The minimum atomic E-state index is -2.83. The van der Waals surface area contributed by atoms with Gasteiger partial charge in [-0.3, -0.25) is 0 Å². The van der Waals surface area contributed by atoms with Crippen molar-refractivity contribution in [2.24, 2.45) is 0 Å². The lowest BCUT2D eigenvalue weighted by molar-refractivity contribution is 0.265. The predicted octanol–water partition coefficient (Wildman–Crippen LogP) is 1.63. The number of rotatable bonds is 8. The van der Waals surface area contributed by atoms with Crippen molar-refractivity contribution < 1.29 is 17.9 Å². The maximum atomic E-state index is 11.4. The number of ether oxygens (including phenoxy) is 2. The van der Waals surface area contributed by atoms with Crippen LogP contribution in [0.1, 0.15) is 19.8 Å². The Bertz CT molecular complexity index is 544. The zero-order valence-corrected chi connectivity index (χ0v) is 13.2. The highest BCUT2D eigenvalue weighted by atomic mass is 32.2. The van der Waals surface area contributed by atoms with Gasteiger partial charge in [0.2, 0.25) is 0 Å². The molecule has 1 aliphatic rings. The van der Waals surface area contributed by atoms with Gasteiger partial charge >= 0.3 is 0 Å². The maximum absolute atomic E-state index is 11.4. The smallest absolute Gasteiger partial charge is 0.161 e. The van der Waals surface area contributed by atoms with E-state index < -0.39 is 9.84 Å². The third kappa shape index (κ3) is 5.21. The van der Waals surface area contributed by atoms with Crippen molar-refractivity contribution in [1.82, 2.24) is 5.32 Å². The van der Waals surface area contributed by atoms with Gasteiger partial charge in [-0.1, -0.05) is 19.1 Å². The number of sulfone groups is 1. The van der Waals surface area contributed by atoms with Crippen molar-refractivity contribution in [1.29, 1.82) is 0 Å². The molecule has 0 saturated carbocycles. The molecule has 6 heteroatoms. The zero-order chi connectivity index (χ0) is 15.1. The Hall–Kier alpha value is -1.27. The lowest BCUT2D eigenvalue weighted by Crippen LogP contribution is -2.33. The first-order chi connectivity index (χ1) is 10.1. The highest BCUT2D eigenvalue weighted by molar-refractivity contribution is 7.91. The van der Waals surface area contributed by atoms with Crippen LogP contribution in [0, 0.1) is 0 Å². The average molecular weight is 313 g/mol. The van der Waals surface area contributed by atoms with Gasteiger partial charge in [0, 0.05) is 12.6 Å².